The summed E-state index contributed by atoms with van der Waals surface area (Å²) in [5, 5.41) is 3.34. The summed E-state index contributed by atoms with van der Waals surface area (Å²) in [5.41, 5.74) is 7.13. The molecule has 1 amide bonds. The zero-order valence-electron chi connectivity index (χ0n) is 18.3. The van der Waals surface area contributed by atoms with E-state index in [-0.39, 0.29) is 23.8 Å². The van der Waals surface area contributed by atoms with Crippen LogP contribution >= 0.6 is 11.6 Å². The van der Waals surface area contributed by atoms with Crippen molar-refractivity contribution in [3.8, 4) is 5.75 Å². The van der Waals surface area contributed by atoms with Crippen LogP contribution in [0, 0.1) is 0 Å². The van der Waals surface area contributed by atoms with Crippen LogP contribution < -0.4 is 15.8 Å². The highest BCUT2D eigenvalue weighted by molar-refractivity contribution is 6.33. The summed E-state index contributed by atoms with van der Waals surface area (Å²) in [6.07, 6.45) is 5.03. The number of pyridine rings is 1. The fourth-order valence-corrected chi connectivity index (χ4v) is 4.05. The van der Waals surface area contributed by atoms with Crippen molar-refractivity contribution >= 4 is 29.0 Å². The van der Waals surface area contributed by atoms with E-state index in [1.54, 1.807) is 37.7 Å². The van der Waals surface area contributed by atoms with E-state index in [4.69, 9.17) is 26.8 Å². The van der Waals surface area contributed by atoms with Crippen LogP contribution in [0.5, 0.6) is 5.75 Å². The number of methoxy groups -OCH3 is 2. The summed E-state index contributed by atoms with van der Waals surface area (Å²) in [6, 6.07) is 6.46. The third-order valence-electron chi connectivity index (χ3n) is 5.69. The second-order valence-electron chi connectivity index (χ2n) is 7.79. The minimum Gasteiger partial charge on any atom is -0.496 e. The second-order valence-corrected chi connectivity index (χ2v) is 8.19. The van der Waals surface area contributed by atoms with Gasteiger partial charge in [-0.1, -0.05) is 11.6 Å². The van der Waals surface area contributed by atoms with Crippen molar-refractivity contribution in [1.29, 1.82) is 0 Å². The van der Waals surface area contributed by atoms with Crippen LogP contribution in [0.1, 0.15) is 40.0 Å². The Morgan fingerprint density at radius 1 is 1.34 bits per heavy atom. The number of piperidine rings is 1. The molecule has 9 heteroatoms. The predicted octanol–water partition coefficient (Wildman–Crippen LogP) is 2.81. The van der Waals surface area contributed by atoms with Crippen LogP contribution in [-0.2, 0) is 4.74 Å². The summed E-state index contributed by atoms with van der Waals surface area (Å²) in [6.45, 7) is 2.25. The first-order chi connectivity index (χ1) is 15.4. The molecule has 1 fully saturated rings. The first-order valence-corrected chi connectivity index (χ1v) is 10.9. The van der Waals surface area contributed by atoms with Gasteiger partial charge in [0, 0.05) is 50.6 Å². The number of nitrogens with zero attached hydrogens (tertiary/aromatic N) is 2. The highest BCUT2D eigenvalue weighted by atomic mass is 35.5. The Hall–Kier alpha value is -2.68. The number of likely N-dealkylation sites (tertiary alicyclic amines) is 1. The number of anilines is 1. The predicted molar refractivity (Wildman–Crippen MR) is 123 cm³/mol. The molecular formula is C23H29ClN4O4. The van der Waals surface area contributed by atoms with Gasteiger partial charge in [-0.05, 0) is 37.6 Å². The number of Topliss-reactive ketones (excluding diaryl/α,β-unsaturated/α-hetero) is 1. The summed E-state index contributed by atoms with van der Waals surface area (Å²) in [7, 11) is 3.12. The van der Waals surface area contributed by atoms with Gasteiger partial charge in [0.15, 0.2) is 5.78 Å². The Bertz CT molecular complexity index is 941. The number of ether oxygens (including phenoxy) is 2. The Balaban J connectivity index is 1.53. The molecule has 172 valence electrons. The molecule has 1 saturated heterocycles. The van der Waals surface area contributed by atoms with Gasteiger partial charge >= 0.3 is 0 Å². The topological polar surface area (TPSA) is 107 Å². The van der Waals surface area contributed by atoms with Crippen molar-refractivity contribution in [2.75, 3.05) is 39.6 Å². The largest absolute Gasteiger partial charge is 0.496 e. The number of nitrogens with two attached hydrogens (primary N) is 1. The molecule has 3 rings (SSSR count). The number of hydrogen-bond donors (Lipinski definition) is 2. The quantitative estimate of drug-likeness (QED) is 0.437. The molecule has 1 aliphatic heterocycles. The standard InChI is InChI=1S/C23H29ClN4O4/c1-31-21-12-18(25)17(24)11-16(21)23(30)27-19-7-10-28(14-22(19)32-2)9-4-6-20(29)15-5-3-8-26-13-15/h3,5,8,11-13,19,22H,4,6-7,9-10,14,25H2,1-2H3,(H,27,30)/t19-,22+/m0/s1. The van der Waals surface area contributed by atoms with Crippen molar-refractivity contribution in [1.82, 2.24) is 15.2 Å². The van der Waals surface area contributed by atoms with E-state index in [0.717, 1.165) is 25.9 Å². The number of carbonyl (C=O) groups is 2. The SMILES string of the molecule is COc1cc(N)c(Cl)cc1C(=O)N[C@H]1CCN(CCCC(=O)c2cccnc2)C[C@H]1OC. The molecule has 0 bridgehead atoms. The fraction of sp³-hybridized carbons (Fsp3) is 0.435. The molecular weight excluding hydrogens is 432 g/mol. The van der Waals surface area contributed by atoms with Gasteiger partial charge in [-0.25, -0.2) is 0 Å². The molecule has 1 aromatic carbocycles. The Morgan fingerprint density at radius 2 is 2.16 bits per heavy atom. The maximum absolute atomic E-state index is 12.9. The summed E-state index contributed by atoms with van der Waals surface area (Å²) in [5.74, 6) is 0.181. The zero-order valence-corrected chi connectivity index (χ0v) is 19.1. The lowest BCUT2D eigenvalue weighted by Gasteiger charge is -2.38. The lowest BCUT2D eigenvalue weighted by molar-refractivity contribution is 0.00605. The number of carbonyl (C=O) groups excluding carboxylic acids is 2. The van der Waals surface area contributed by atoms with Gasteiger partial charge in [-0.15, -0.1) is 0 Å². The number of ketones is 1. The summed E-state index contributed by atoms with van der Waals surface area (Å²) >= 11 is 6.10. The first-order valence-electron chi connectivity index (χ1n) is 10.5. The van der Waals surface area contributed by atoms with Crippen LogP contribution in [0.3, 0.4) is 0 Å². The smallest absolute Gasteiger partial charge is 0.255 e. The monoisotopic (exact) mass is 460 g/mol. The lowest BCUT2D eigenvalue weighted by atomic mass is 10.00. The molecule has 0 spiro atoms. The van der Waals surface area contributed by atoms with Crippen LogP contribution in [-0.4, -0.2) is 67.6 Å². The molecule has 0 radical (unpaired) electrons. The van der Waals surface area contributed by atoms with Crippen LogP contribution in [0.15, 0.2) is 36.7 Å². The molecule has 3 N–H and O–H groups in total. The normalized spacial score (nSPS) is 18.8. The molecule has 2 heterocycles. The number of rotatable bonds is 9. The fourth-order valence-electron chi connectivity index (χ4n) is 3.88. The molecule has 0 unspecified atom stereocenters. The molecule has 2 atom stereocenters. The van der Waals surface area contributed by atoms with Crippen molar-refractivity contribution < 1.29 is 19.1 Å². The molecule has 1 aliphatic rings. The number of nitrogens with one attached hydrogen (secondary N) is 1. The Kier molecular flexibility index (Phi) is 8.44. The van der Waals surface area contributed by atoms with Crippen molar-refractivity contribution in [3.63, 3.8) is 0 Å². The van der Waals surface area contributed by atoms with E-state index in [2.05, 4.69) is 15.2 Å². The average molecular weight is 461 g/mol. The molecule has 1 aromatic heterocycles. The minimum absolute atomic E-state index is 0.0969. The maximum atomic E-state index is 12.9. The zero-order chi connectivity index (χ0) is 23.1. The molecule has 32 heavy (non-hydrogen) atoms. The number of amides is 1. The van der Waals surface area contributed by atoms with Gasteiger partial charge in [0.25, 0.3) is 5.91 Å². The third kappa shape index (κ3) is 5.97. The van der Waals surface area contributed by atoms with E-state index in [0.29, 0.717) is 40.6 Å². The third-order valence-corrected chi connectivity index (χ3v) is 6.01. The lowest BCUT2D eigenvalue weighted by Crippen LogP contribution is -2.54. The number of benzene rings is 1. The van der Waals surface area contributed by atoms with Gasteiger partial charge in [0.2, 0.25) is 0 Å². The number of nitrogen functional groups attached to an aromatic ring is 1. The summed E-state index contributed by atoms with van der Waals surface area (Å²) in [4.78, 5) is 31.4. The molecule has 2 aromatic rings. The van der Waals surface area contributed by atoms with Gasteiger partial charge in [-0.2, -0.15) is 0 Å². The van der Waals surface area contributed by atoms with E-state index >= 15 is 0 Å². The van der Waals surface area contributed by atoms with Gasteiger partial charge in [0.05, 0.1) is 35.5 Å². The van der Waals surface area contributed by atoms with Gasteiger partial charge < -0.3 is 25.4 Å². The van der Waals surface area contributed by atoms with Crippen LogP contribution in [0.4, 0.5) is 5.69 Å². The van der Waals surface area contributed by atoms with E-state index in [1.807, 2.05) is 0 Å². The van der Waals surface area contributed by atoms with E-state index < -0.39 is 0 Å². The average Bonchev–Trinajstić information content (AvgIpc) is 2.81. The number of aromatic nitrogens is 1. The van der Waals surface area contributed by atoms with Crippen LogP contribution in [0.2, 0.25) is 5.02 Å². The minimum atomic E-state index is -0.286. The van der Waals surface area contributed by atoms with Crippen LogP contribution in [0.25, 0.3) is 0 Å². The number of halogens is 1. The first kappa shape index (κ1) is 24.0. The Labute approximate surface area is 193 Å². The van der Waals surface area contributed by atoms with E-state index in [9.17, 15) is 9.59 Å². The highest BCUT2D eigenvalue weighted by Crippen LogP contribution is 2.29. The van der Waals surface area contributed by atoms with Crippen molar-refractivity contribution in [3.05, 3.63) is 52.8 Å². The second kappa shape index (κ2) is 11.3. The van der Waals surface area contributed by atoms with Crippen molar-refractivity contribution in [2.24, 2.45) is 0 Å². The summed E-state index contributed by atoms with van der Waals surface area (Å²) < 4.78 is 10.9. The Morgan fingerprint density at radius 3 is 2.84 bits per heavy atom. The van der Waals surface area contributed by atoms with Crippen molar-refractivity contribution in [2.45, 2.75) is 31.4 Å². The molecule has 8 nitrogen and oxygen atoms in total. The molecule has 0 saturated carbocycles. The van der Waals surface area contributed by atoms with Gasteiger partial charge in [0.1, 0.15) is 5.75 Å². The van der Waals surface area contributed by atoms with Gasteiger partial charge in [-0.3, -0.25) is 14.6 Å². The highest BCUT2D eigenvalue weighted by Gasteiger charge is 2.31. The molecule has 0 aliphatic carbocycles. The maximum Gasteiger partial charge on any atom is 0.255 e. The number of hydrogen-bond acceptors (Lipinski definition) is 7. The van der Waals surface area contributed by atoms with E-state index in [1.165, 1.54) is 13.2 Å².